The minimum Gasteiger partial charge on any atom is -0.477 e. The maximum absolute atomic E-state index is 12.9. The molecular formula is C17H19N9O7S5. The summed E-state index contributed by atoms with van der Waals surface area (Å²) in [7, 11) is -2.15. The lowest BCUT2D eigenvalue weighted by Gasteiger charge is -2.49. The van der Waals surface area contributed by atoms with Crippen LogP contribution >= 0.6 is 46.4 Å². The molecule has 2 aromatic rings. The number of carbonyl (C=O) groups is 3. The van der Waals surface area contributed by atoms with Crippen LogP contribution in [-0.4, -0.2) is 97.8 Å². The summed E-state index contributed by atoms with van der Waals surface area (Å²) in [6, 6.07) is -0.998. The highest BCUT2D eigenvalue weighted by atomic mass is 32.2. The summed E-state index contributed by atoms with van der Waals surface area (Å²) in [5.41, 5.74) is 5.64. The molecule has 21 heteroatoms. The van der Waals surface area contributed by atoms with Gasteiger partial charge in [-0.3, -0.25) is 14.5 Å². The number of carbonyl (C=O) groups excluding carboxylic acids is 2. The Hall–Kier alpha value is -2.85. The zero-order chi connectivity index (χ0) is 27.6. The topological polar surface area (TPSA) is 232 Å². The molecule has 4 rings (SSSR count). The molecule has 0 aliphatic carbocycles. The van der Waals surface area contributed by atoms with E-state index in [-0.39, 0.29) is 34.7 Å². The van der Waals surface area contributed by atoms with Crippen LogP contribution in [0.25, 0.3) is 0 Å². The first-order chi connectivity index (χ1) is 18.0. The van der Waals surface area contributed by atoms with E-state index in [4.69, 9.17) is 10.6 Å². The molecule has 1 unspecified atom stereocenters. The summed E-state index contributed by atoms with van der Waals surface area (Å²) in [6.45, 7) is -0.00419. The van der Waals surface area contributed by atoms with Crippen LogP contribution < -0.4 is 15.8 Å². The van der Waals surface area contributed by atoms with Crippen molar-refractivity contribution in [1.29, 1.82) is 0 Å². The molecule has 1 fully saturated rings. The molecule has 5 N–H and O–H groups in total. The largest absolute Gasteiger partial charge is 0.477 e. The number of hydrogen-bond donors (Lipinski definition) is 4. The number of oxime groups is 1. The van der Waals surface area contributed by atoms with Gasteiger partial charge in [0, 0.05) is 23.0 Å². The standard InChI is InChI=1S/C17H19N9O7S5/c1-33-24-8(11-21-16(18)37-25-11)12(27)20-9-13(28)26-10(15(29)30)6(4-34-14(9)26)5-35-17-23-22-7(36-17)3-19-38(2,31)32/h9,14,19H,3-5H2,1-2H3,(H,20,27)(H,29,30)(H2,18,21,25)/b24-8+/t9?,14-/m1/s1. The predicted molar refractivity (Wildman–Crippen MR) is 140 cm³/mol. The number of nitrogens with one attached hydrogen (secondary N) is 2. The number of aromatic nitrogens is 4. The van der Waals surface area contributed by atoms with Gasteiger partial charge < -0.3 is 21.0 Å². The van der Waals surface area contributed by atoms with Crippen LogP contribution in [-0.2, 0) is 35.8 Å². The number of fused-ring (bicyclic) bond motifs is 1. The van der Waals surface area contributed by atoms with E-state index in [0.29, 0.717) is 20.7 Å². The molecule has 4 heterocycles. The molecule has 2 amide bonds. The summed E-state index contributed by atoms with van der Waals surface area (Å²) >= 11 is 4.55. The van der Waals surface area contributed by atoms with Gasteiger partial charge in [-0.15, -0.1) is 22.0 Å². The van der Waals surface area contributed by atoms with E-state index in [0.717, 1.165) is 22.7 Å². The number of nitrogens with two attached hydrogens (primary N) is 1. The van der Waals surface area contributed by atoms with Crippen LogP contribution in [0, 0.1) is 0 Å². The van der Waals surface area contributed by atoms with Crippen molar-refractivity contribution in [2.75, 3.05) is 30.6 Å². The zero-order valence-electron chi connectivity index (χ0n) is 19.5. The number of carboxylic acid groups (broad SMARTS) is 1. The molecule has 0 aromatic carbocycles. The summed E-state index contributed by atoms with van der Waals surface area (Å²) in [4.78, 5) is 47.6. The maximum Gasteiger partial charge on any atom is 0.352 e. The van der Waals surface area contributed by atoms with E-state index in [1.165, 1.54) is 42.0 Å². The molecule has 204 valence electrons. The number of carboxylic acids is 1. The second kappa shape index (κ2) is 11.5. The Morgan fingerprint density at radius 2 is 2.13 bits per heavy atom. The molecule has 0 saturated carbocycles. The minimum atomic E-state index is -3.38. The lowest BCUT2D eigenvalue weighted by Crippen LogP contribution is -2.71. The van der Waals surface area contributed by atoms with Gasteiger partial charge in [-0.1, -0.05) is 28.3 Å². The summed E-state index contributed by atoms with van der Waals surface area (Å²) in [5, 5.41) is 23.9. The number of rotatable bonds is 11. The van der Waals surface area contributed by atoms with E-state index >= 15 is 0 Å². The van der Waals surface area contributed by atoms with E-state index in [1.807, 2.05) is 0 Å². The van der Waals surface area contributed by atoms with Crippen molar-refractivity contribution in [3.63, 3.8) is 0 Å². The highest BCUT2D eigenvalue weighted by molar-refractivity contribution is 8.01. The van der Waals surface area contributed by atoms with Crippen LogP contribution in [0.2, 0.25) is 0 Å². The highest BCUT2D eigenvalue weighted by Crippen LogP contribution is 2.41. The van der Waals surface area contributed by atoms with Crippen LogP contribution in [0.4, 0.5) is 5.13 Å². The Labute approximate surface area is 231 Å². The van der Waals surface area contributed by atoms with Gasteiger partial charge in [0.25, 0.3) is 11.8 Å². The molecule has 38 heavy (non-hydrogen) atoms. The van der Waals surface area contributed by atoms with Crippen molar-refractivity contribution >= 4 is 85.0 Å². The number of aliphatic carboxylic acids is 1. The third kappa shape index (κ3) is 6.23. The molecule has 0 bridgehead atoms. The van der Waals surface area contributed by atoms with Gasteiger partial charge >= 0.3 is 5.97 Å². The van der Waals surface area contributed by atoms with Crippen molar-refractivity contribution in [2.24, 2.45) is 5.16 Å². The Kier molecular flexibility index (Phi) is 8.52. The van der Waals surface area contributed by atoms with E-state index in [1.54, 1.807) is 0 Å². The molecule has 0 spiro atoms. The van der Waals surface area contributed by atoms with Crippen LogP contribution in [0.5, 0.6) is 0 Å². The number of amides is 2. The number of thioether (sulfide) groups is 2. The van der Waals surface area contributed by atoms with Gasteiger partial charge in [0.05, 0.1) is 12.8 Å². The maximum atomic E-state index is 12.9. The highest BCUT2D eigenvalue weighted by Gasteiger charge is 2.54. The average Bonchev–Trinajstić information content (AvgIpc) is 3.50. The lowest BCUT2D eigenvalue weighted by atomic mass is 10.0. The molecule has 0 radical (unpaired) electrons. The lowest BCUT2D eigenvalue weighted by molar-refractivity contribution is -0.150. The van der Waals surface area contributed by atoms with E-state index in [9.17, 15) is 27.9 Å². The Morgan fingerprint density at radius 3 is 2.76 bits per heavy atom. The van der Waals surface area contributed by atoms with E-state index < -0.39 is 39.2 Å². The summed E-state index contributed by atoms with van der Waals surface area (Å²) in [6.07, 6.45) is 1.03. The van der Waals surface area contributed by atoms with Crippen LogP contribution in [0.1, 0.15) is 10.8 Å². The number of nitrogens with zero attached hydrogens (tertiary/aromatic N) is 6. The Morgan fingerprint density at radius 1 is 1.37 bits per heavy atom. The monoisotopic (exact) mass is 621 g/mol. The van der Waals surface area contributed by atoms with Crippen LogP contribution in [0.15, 0.2) is 20.8 Å². The molecule has 1 saturated heterocycles. The first-order valence-electron chi connectivity index (χ1n) is 10.3. The molecular weight excluding hydrogens is 603 g/mol. The third-order valence-corrected chi connectivity index (χ3v) is 9.59. The van der Waals surface area contributed by atoms with Gasteiger partial charge in [-0.25, -0.2) is 17.9 Å². The van der Waals surface area contributed by atoms with Gasteiger partial charge in [-0.05, 0) is 5.57 Å². The van der Waals surface area contributed by atoms with Crippen LogP contribution in [0.3, 0.4) is 0 Å². The van der Waals surface area contributed by atoms with Gasteiger partial charge in [-0.2, -0.15) is 9.36 Å². The fourth-order valence-electron chi connectivity index (χ4n) is 3.32. The SMILES string of the molecule is CO/N=C(/C(=O)NC1C(=O)N2C(C(=O)O)=C(CSc3nnc(CNS(C)(=O)=O)s3)CS[C@H]12)c1nsc(N)n1. The molecule has 2 aliphatic rings. The van der Waals surface area contributed by atoms with Gasteiger partial charge in [0.1, 0.15) is 29.2 Å². The third-order valence-electron chi connectivity index (χ3n) is 4.89. The zero-order valence-corrected chi connectivity index (χ0v) is 23.6. The van der Waals surface area contributed by atoms with Gasteiger partial charge in [0.2, 0.25) is 21.6 Å². The van der Waals surface area contributed by atoms with Crippen molar-refractivity contribution < 1.29 is 32.7 Å². The number of β-lactam (4-membered cyclic amide) rings is 1. The Bertz CT molecular complexity index is 1440. The molecule has 2 aliphatic heterocycles. The van der Waals surface area contributed by atoms with E-state index in [2.05, 4.69) is 34.7 Å². The second-order valence-corrected chi connectivity index (χ2v) is 13.5. The fourth-order valence-corrected chi connectivity index (χ4v) is 7.57. The molecule has 2 atom stereocenters. The van der Waals surface area contributed by atoms with Crippen molar-refractivity contribution in [2.45, 2.75) is 22.3 Å². The second-order valence-electron chi connectivity index (χ2n) is 7.54. The fraction of sp³-hybridized carbons (Fsp3) is 0.412. The summed E-state index contributed by atoms with van der Waals surface area (Å²) in [5.74, 6) is -2.20. The quantitative estimate of drug-likeness (QED) is 0.101. The van der Waals surface area contributed by atoms with Gasteiger partial charge in [0.15, 0.2) is 9.47 Å². The van der Waals surface area contributed by atoms with Crippen molar-refractivity contribution in [3.05, 3.63) is 22.1 Å². The van der Waals surface area contributed by atoms with Crippen molar-refractivity contribution in [1.82, 2.24) is 34.5 Å². The minimum absolute atomic E-state index is 0.00419. The number of nitrogen functional groups attached to an aromatic ring is 1. The van der Waals surface area contributed by atoms with Crippen molar-refractivity contribution in [3.8, 4) is 0 Å². The molecule has 16 nitrogen and oxygen atoms in total. The normalized spacial score (nSPS) is 19.7. The number of anilines is 1. The number of hydrogen-bond acceptors (Lipinski definition) is 16. The smallest absolute Gasteiger partial charge is 0.352 e. The molecule has 2 aromatic heterocycles. The summed E-state index contributed by atoms with van der Waals surface area (Å²) < 4.78 is 29.3. The predicted octanol–water partition coefficient (Wildman–Crippen LogP) is -1.10. The first-order valence-corrected chi connectivity index (χ1v) is 15.8. The Balaban J connectivity index is 1.43. The number of sulfonamides is 1. The average molecular weight is 622 g/mol. The first kappa shape index (κ1) is 28.2.